The van der Waals surface area contributed by atoms with Crippen LogP contribution in [-0.4, -0.2) is 87.3 Å². The average molecular weight is 2450 g/mol. The van der Waals surface area contributed by atoms with E-state index in [0.29, 0.717) is 0 Å². The van der Waals surface area contributed by atoms with Crippen LogP contribution in [0.1, 0.15) is 11.1 Å². The topological polar surface area (TPSA) is 173 Å². The van der Waals surface area contributed by atoms with Gasteiger partial charge in [-0.1, -0.05) is 70.4 Å². The Bertz CT molecular complexity index is 6770. The maximum atomic E-state index is 6.21. The van der Waals surface area contributed by atoms with Gasteiger partial charge < -0.3 is 57.8 Å². The zero-order valence-corrected chi connectivity index (χ0v) is 81.1. The van der Waals surface area contributed by atoms with Crippen LogP contribution in [0.2, 0.25) is 0 Å². The first-order valence-electron chi connectivity index (χ1n) is 42.3. The Morgan fingerprint density at radius 1 is 0.231 bits per heavy atom. The number of rotatable bonds is 4. The van der Waals surface area contributed by atoms with Gasteiger partial charge in [0.15, 0.2) is 0 Å². The normalized spacial score (nSPS) is 12.1. The monoisotopic (exact) mass is 2450 g/mol. The molecular formula is C106H72B4Ir4N16O4-8. The van der Waals surface area contributed by atoms with E-state index in [1.54, 1.807) is 43.5 Å². The maximum absolute atomic E-state index is 6.21. The van der Waals surface area contributed by atoms with Crippen molar-refractivity contribution in [3.05, 3.63) is 462 Å². The average Bonchev–Trinajstić information content (AvgIpc) is 1.59. The van der Waals surface area contributed by atoms with E-state index in [9.17, 15) is 0 Å². The second kappa shape index (κ2) is 41.8. The van der Waals surface area contributed by atoms with Crippen molar-refractivity contribution in [3.63, 3.8) is 0 Å². The van der Waals surface area contributed by atoms with Gasteiger partial charge >= 0.3 is 28.2 Å². The second-order valence-electron chi connectivity index (χ2n) is 30.5. The number of hydrogen-bond acceptors (Lipinski definition) is 16. The summed E-state index contributed by atoms with van der Waals surface area (Å²) in [5.41, 5.74) is 27.3. The van der Waals surface area contributed by atoms with Crippen LogP contribution >= 0.6 is 0 Å². The van der Waals surface area contributed by atoms with E-state index in [0.717, 1.165) is 169 Å². The van der Waals surface area contributed by atoms with Crippen LogP contribution in [0.25, 0.3) is 67.8 Å². The van der Waals surface area contributed by atoms with Crippen LogP contribution in [0.5, 0.6) is 23.0 Å². The molecule has 0 bridgehead atoms. The van der Waals surface area contributed by atoms with Gasteiger partial charge in [0.05, 0.1) is 22.7 Å². The molecule has 656 valence electrons. The number of anilines is 8. The molecule has 0 amide bonds. The fraction of sp³-hybridized carbons (Fsp3) is 0.0189. The van der Waals surface area contributed by atoms with Crippen LogP contribution in [0.15, 0.2) is 402 Å². The summed E-state index contributed by atoms with van der Waals surface area (Å²) in [6.45, 7) is 4.13. The van der Waals surface area contributed by atoms with E-state index in [2.05, 4.69) is 195 Å². The smallest absolute Gasteiger partial charge is 0.465 e. The summed E-state index contributed by atoms with van der Waals surface area (Å²) in [6, 6.07) is 133. The number of nitrogens with zero attached hydrogens (tertiary/aromatic N) is 16. The first-order chi connectivity index (χ1) is 64.4. The van der Waals surface area contributed by atoms with Crippen molar-refractivity contribution < 1.29 is 99.0 Å². The van der Waals surface area contributed by atoms with Crippen molar-refractivity contribution in [3.8, 4) is 90.8 Å². The molecular weight excluding hydrogens is 2370 g/mol. The molecule has 0 N–H and O–H groups in total. The number of aryl methyl sites for hydroxylation is 2. The molecule has 0 fully saturated rings. The molecule has 28 heteroatoms. The van der Waals surface area contributed by atoms with Crippen molar-refractivity contribution in [2.45, 2.75) is 13.8 Å². The number of fused-ring (bicyclic) bond motifs is 32. The molecule has 8 aliphatic rings. The van der Waals surface area contributed by atoms with E-state index >= 15 is 0 Å². The summed E-state index contributed by atoms with van der Waals surface area (Å²) >= 11 is 0. The molecule has 0 spiro atoms. The molecule has 134 heavy (non-hydrogen) atoms. The van der Waals surface area contributed by atoms with Crippen LogP contribution in [0.4, 0.5) is 45.5 Å². The van der Waals surface area contributed by atoms with Crippen molar-refractivity contribution in [2.75, 3.05) is 19.2 Å². The van der Waals surface area contributed by atoms with Crippen LogP contribution in [-0.2, 0) is 80.4 Å². The minimum absolute atomic E-state index is 0. The van der Waals surface area contributed by atoms with Gasteiger partial charge in [-0.25, -0.2) is 0 Å². The largest absolute Gasteiger partial charge is 0.544 e. The van der Waals surface area contributed by atoms with Gasteiger partial charge in [0.25, 0.3) is 0 Å². The number of benzene rings is 12. The minimum atomic E-state index is -0.138. The van der Waals surface area contributed by atoms with Crippen LogP contribution < -0.4 is 59.7 Å². The van der Waals surface area contributed by atoms with Gasteiger partial charge in [-0.2, -0.15) is 117 Å². The number of aromatic nitrogens is 12. The van der Waals surface area contributed by atoms with Crippen molar-refractivity contribution in [1.29, 1.82) is 0 Å². The molecule has 4 radical (unpaired) electrons. The quantitative estimate of drug-likeness (QED) is 0.120. The predicted molar refractivity (Wildman–Crippen MR) is 511 cm³/mol. The van der Waals surface area contributed by atoms with E-state index in [4.69, 9.17) is 18.6 Å². The van der Waals surface area contributed by atoms with Gasteiger partial charge in [0.2, 0.25) is 0 Å². The molecule has 20 aromatic rings. The van der Waals surface area contributed by atoms with Gasteiger partial charge in [0.1, 0.15) is 23.0 Å². The molecule has 0 aliphatic carbocycles. The third-order valence-electron chi connectivity index (χ3n) is 22.4. The second-order valence-corrected chi connectivity index (χ2v) is 30.5. The van der Waals surface area contributed by atoms with E-state index in [1.807, 2.05) is 304 Å². The van der Waals surface area contributed by atoms with E-state index in [-0.39, 0.29) is 109 Å². The first-order valence-corrected chi connectivity index (χ1v) is 42.3. The molecule has 8 aliphatic heterocycles. The molecule has 16 heterocycles. The molecule has 28 rings (SSSR count). The Morgan fingerprint density at radius 3 is 0.739 bits per heavy atom. The molecule has 0 unspecified atom stereocenters. The zero-order chi connectivity index (χ0) is 87.1. The Labute approximate surface area is 831 Å². The summed E-state index contributed by atoms with van der Waals surface area (Å²) in [6.07, 6.45) is 22.1. The van der Waals surface area contributed by atoms with E-state index < -0.39 is 0 Å². The summed E-state index contributed by atoms with van der Waals surface area (Å²) in [7, 11) is -0.542. The molecule has 0 saturated heterocycles. The fourth-order valence-electron chi connectivity index (χ4n) is 16.7. The Balaban J connectivity index is 0.000000108. The zero-order valence-electron chi connectivity index (χ0n) is 71.5. The Hall–Kier alpha value is -14.7. The minimum Gasteiger partial charge on any atom is -0.544 e. The third kappa shape index (κ3) is 18.5. The van der Waals surface area contributed by atoms with Gasteiger partial charge in [-0.05, 0) is 157 Å². The standard InChI is InChI=1S/2C18H12BN2O.2C17H10BN2O.4C9H7N2.4Ir/c2*1-12-10-16-18(20-11-12)13-6-2-3-7-14(13)19-21(16)15-8-4-5-9-17(15)22-19;2*1-2-7-13-12(6-1)17-15(9-5-11-19-17)20-14-8-3-4-10-16(14)21-18(13)20;4*1-2-5-9(6-3-1)11-8-4-7-10-11;;;;/h2*2-5,7-11H,1H3;2*1-5,7-11H;4*1-5,7-8H;;;;/q8*-1;;;;. The molecule has 0 saturated carbocycles. The Morgan fingerprint density at radius 2 is 0.478 bits per heavy atom. The SMILES string of the molecule is Cc1cnc2c(c1)N1B(Oc3ccccc31)c1ccc[c-]c1-2.Cc1cnc2c(c1)N1B(Oc3ccccc31)c1ccc[c-]c1-2.[Ir].[Ir].[Ir].[Ir].[c-]1cccc2c1-c1ncccc1N1B2Oc2ccccc21.[c-]1cccc2c1-c1ncccc1N1B2Oc2ccccc21.[c-]1ccccc1-n1cccn1.[c-]1ccccc1-n1cccn1.[c-]1ccccc1-n1cccn1.[c-]1ccccc1-n1cccn1. The molecule has 20 nitrogen and oxygen atoms in total. The summed E-state index contributed by atoms with van der Waals surface area (Å²) in [5, 5.41) is 16.3. The predicted octanol–water partition coefficient (Wildman–Crippen LogP) is 18.4. The molecule has 12 aromatic carbocycles. The maximum Gasteiger partial charge on any atom is 0.465 e. The Kier molecular flexibility index (Phi) is 28.5. The summed E-state index contributed by atoms with van der Waals surface area (Å²) < 4.78 is 31.9. The number of para-hydroxylation sites is 12. The van der Waals surface area contributed by atoms with Crippen LogP contribution in [0.3, 0.4) is 0 Å². The number of hydrogen-bond donors (Lipinski definition) is 0. The van der Waals surface area contributed by atoms with Crippen molar-refractivity contribution in [2.24, 2.45) is 0 Å². The summed E-state index contributed by atoms with van der Waals surface area (Å²) in [5.74, 6) is 3.65. The first kappa shape index (κ1) is 91.2. The molecule has 0 atom stereocenters. The van der Waals surface area contributed by atoms with Gasteiger partial charge in [-0.3, -0.25) is 18.7 Å². The van der Waals surface area contributed by atoms with E-state index in [1.165, 1.54) is 0 Å². The summed E-state index contributed by atoms with van der Waals surface area (Å²) in [4.78, 5) is 27.4. The van der Waals surface area contributed by atoms with Gasteiger partial charge in [-0.15, -0.1) is 144 Å². The molecule has 8 aromatic heterocycles. The third-order valence-corrected chi connectivity index (χ3v) is 22.4. The van der Waals surface area contributed by atoms with Crippen molar-refractivity contribution >= 4 is 95.6 Å². The fourth-order valence-corrected chi connectivity index (χ4v) is 16.7. The van der Waals surface area contributed by atoms with Crippen molar-refractivity contribution in [1.82, 2.24) is 59.1 Å². The number of pyridine rings is 4. The van der Waals surface area contributed by atoms with Crippen LogP contribution in [0, 0.1) is 62.4 Å². The van der Waals surface area contributed by atoms with Gasteiger partial charge in [0, 0.05) is 200 Å².